The van der Waals surface area contributed by atoms with E-state index in [1.165, 1.54) is 72.3 Å². The van der Waals surface area contributed by atoms with Crippen LogP contribution in [0.2, 0.25) is 0 Å². The van der Waals surface area contributed by atoms with Crippen LogP contribution in [0.3, 0.4) is 0 Å². The maximum absolute atomic E-state index is 7.02. The lowest BCUT2D eigenvalue weighted by atomic mass is 9.63. The third-order valence-corrected chi connectivity index (χ3v) is 13.6. The van der Waals surface area contributed by atoms with Gasteiger partial charge in [0.25, 0.3) is 0 Å². The molecule has 4 aliphatic rings. The van der Waals surface area contributed by atoms with Crippen LogP contribution in [0, 0.1) is 0 Å². The lowest BCUT2D eigenvalue weighted by molar-refractivity contribution is 0.364. The second-order valence-corrected chi connectivity index (χ2v) is 17.0. The van der Waals surface area contributed by atoms with Gasteiger partial charge in [0.1, 0.15) is 17.7 Å². The largest absolute Gasteiger partial charge is 0.457 e. The lowest BCUT2D eigenvalue weighted by Crippen LogP contribution is -2.35. The van der Waals surface area contributed by atoms with Crippen LogP contribution in [0.25, 0.3) is 44.7 Å². The number of nitrogens with zero attached hydrogens (tertiary/aromatic N) is 2. The highest BCUT2D eigenvalue weighted by Gasteiger charge is 2.52. The number of hydrogen-bond acceptors (Lipinski definition) is 3. The molecule has 12 rings (SSSR count). The second kappa shape index (κ2) is 15.0. The summed E-state index contributed by atoms with van der Waals surface area (Å²) >= 11 is 0. The minimum atomic E-state index is -0.424. The predicted octanol–water partition coefficient (Wildman–Crippen LogP) is 14.3. The van der Waals surface area contributed by atoms with Gasteiger partial charge in [-0.1, -0.05) is 188 Å². The van der Waals surface area contributed by atoms with Gasteiger partial charge in [-0.2, -0.15) is 0 Å². The average Bonchev–Trinajstić information content (AvgIpc) is 3.65. The van der Waals surface area contributed by atoms with Crippen LogP contribution in [-0.4, -0.2) is 17.7 Å². The zero-order valence-electron chi connectivity index (χ0n) is 35.1. The monoisotopic (exact) mass is 808 g/mol. The Bertz CT molecular complexity index is 3180. The zero-order valence-corrected chi connectivity index (χ0v) is 35.1. The maximum Gasteiger partial charge on any atom is 0.147 e. The summed E-state index contributed by atoms with van der Waals surface area (Å²) in [5, 5.41) is 0. The molecule has 0 aromatic heterocycles. The van der Waals surface area contributed by atoms with Crippen molar-refractivity contribution in [2.75, 3.05) is 7.05 Å². The topological polar surface area (TPSA) is 24.8 Å². The Balaban J connectivity index is 1.01. The Morgan fingerprint density at radius 2 is 1.02 bits per heavy atom. The van der Waals surface area contributed by atoms with Crippen molar-refractivity contribution in [2.24, 2.45) is 4.99 Å². The number of benzene rings is 8. The average molecular weight is 809 g/mol. The van der Waals surface area contributed by atoms with E-state index in [0.717, 1.165) is 46.9 Å². The molecular weight excluding hydrogens is 765 g/mol. The van der Waals surface area contributed by atoms with Crippen molar-refractivity contribution in [3.8, 4) is 39.1 Å². The van der Waals surface area contributed by atoms with Crippen LogP contribution in [0.15, 0.2) is 235 Å². The molecule has 0 N–H and O–H groups in total. The fourth-order valence-corrected chi connectivity index (χ4v) is 10.7. The number of allylic oxidation sites excluding steroid dienone is 4. The van der Waals surface area contributed by atoms with Crippen molar-refractivity contribution < 1.29 is 4.74 Å². The summed E-state index contributed by atoms with van der Waals surface area (Å²) in [7, 11) is 2.19. The molecule has 8 aromatic carbocycles. The number of hydrogen-bond donors (Lipinski definition) is 0. The summed E-state index contributed by atoms with van der Waals surface area (Å²) in [6.45, 7) is 0. The van der Waals surface area contributed by atoms with E-state index in [2.05, 4.69) is 230 Å². The van der Waals surface area contributed by atoms with Crippen LogP contribution in [0.4, 0.5) is 0 Å². The number of fused-ring (bicyclic) bond motifs is 8. The Labute approximate surface area is 369 Å². The number of aliphatic imine (C=N–C) groups is 1. The van der Waals surface area contributed by atoms with Crippen LogP contribution < -0.4 is 4.74 Å². The molecule has 1 spiro atoms. The smallest absolute Gasteiger partial charge is 0.147 e. The van der Waals surface area contributed by atoms with Gasteiger partial charge < -0.3 is 9.64 Å². The number of rotatable bonds is 6. The summed E-state index contributed by atoms with van der Waals surface area (Å²) in [5.41, 5.74) is 20.1. The first-order valence-electron chi connectivity index (χ1n) is 22.0. The van der Waals surface area contributed by atoms with Gasteiger partial charge in [0.2, 0.25) is 0 Å². The third-order valence-electron chi connectivity index (χ3n) is 13.6. The van der Waals surface area contributed by atoms with Crippen molar-refractivity contribution in [3.63, 3.8) is 0 Å². The molecule has 0 fully saturated rings. The number of ether oxygens (including phenoxy) is 1. The van der Waals surface area contributed by atoms with E-state index in [1.54, 1.807) is 0 Å². The van der Waals surface area contributed by atoms with Crippen molar-refractivity contribution in [2.45, 2.75) is 24.4 Å². The molecule has 1 atom stereocenters. The maximum atomic E-state index is 7.02. The SMILES string of the molecule is CN1C(c2ccccc2C2=CC3=C(CC2)C2(c4ccccc4O3)c3ccccc3-c3ccccc32)=CC(c2cccc(-c3ccccc3)c2)=NC1c1cccc(-c2ccccc2)c1. The summed E-state index contributed by atoms with van der Waals surface area (Å²) in [6, 6.07) is 74.5. The molecular formula is C60H44N2O. The highest BCUT2D eigenvalue weighted by Crippen LogP contribution is 2.62. The van der Waals surface area contributed by atoms with Crippen molar-refractivity contribution in [1.29, 1.82) is 0 Å². The first kappa shape index (κ1) is 37.0. The summed E-state index contributed by atoms with van der Waals surface area (Å²) in [4.78, 5) is 7.93. The summed E-state index contributed by atoms with van der Waals surface area (Å²) in [5.74, 6) is 1.88. The second-order valence-electron chi connectivity index (χ2n) is 17.0. The molecule has 2 aliphatic heterocycles. The first-order chi connectivity index (χ1) is 31.1. The summed E-state index contributed by atoms with van der Waals surface area (Å²) < 4.78 is 7.02. The van der Waals surface area contributed by atoms with E-state index >= 15 is 0 Å². The number of para-hydroxylation sites is 1. The van der Waals surface area contributed by atoms with Gasteiger partial charge in [-0.3, -0.25) is 4.99 Å². The van der Waals surface area contributed by atoms with Crippen LogP contribution in [0.1, 0.15) is 58.0 Å². The molecule has 0 amide bonds. The van der Waals surface area contributed by atoms with E-state index < -0.39 is 5.41 Å². The Hall–Kier alpha value is -7.75. The highest BCUT2D eigenvalue weighted by atomic mass is 16.5. The van der Waals surface area contributed by atoms with Gasteiger partial charge in [-0.25, -0.2) is 0 Å². The fraction of sp³-hybridized carbons (Fsp3) is 0.0833. The standard InChI is InChI=1S/C60H44N2O/c1-62-56(39-55(45-24-16-22-42(36-45)40-18-4-2-5-19-40)61-59(62)46-25-17-23-43(37-46)41-20-6-3-7-21-41)50-29-9-8-26-47(50)44-34-35-54-58(38-44)63-57-33-15-14-32-53(57)60(54)51-30-12-10-27-48(51)49-28-11-13-31-52(49)60/h2-33,36-39,59H,34-35H2,1H3. The lowest BCUT2D eigenvalue weighted by Gasteiger charge is -2.42. The van der Waals surface area contributed by atoms with Crippen molar-refractivity contribution >= 4 is 17.0 Å². The van der Waals surface area contributed by atoms with Gasteiger partial charge in [-0.05, 0) is 110 Å². The van der Waals surface area contributed by atoms with E-state index in [-0.39, 0.29) is 6.17 Å². The van der Waals surface area contributed by atoms with Gasteiger partial charge in [-0.15, -0.1) is 0 Å². The molecule has 2 aliphatic carbocycles. The van der Waals surface area contributed by atoms with Gasteiger partial charge in [0.05, 0.1) is 11.1 Å². The molecule has 2 heterocycles. The third kappa shape index (κ3) is 5.99. The van der Waals surface area contributed by atoms with Crippen molar-refractivity contribution in [3.05, 3.63) is 269 Å². The van der Waals surface area contributed by atoms with Gasteiger partial charge in [0.15, 0.2) is 0 Å². The van der Waals surface area contributed by atoms with E-state index in [0.29, 0.717) is 0 Å². The minimum absolute atomic E-state index is 0.257. The summed E-state index contributed by atoms with van der Waals surface area (Å²) in [6.07, 6.45) is 6.14. The highest BCUT2D eigenvalue weighted by molar-refractivity contribution is 6.14. The Morgan fingerprint density at radius 3 is 1.71 bits per heavy atom. The first-order valence-corrected chi connectivity index (χ1v) is 22.0. The van der Waals surface area contributed by atoms with Crippen LogP contribution in [-0.2, 0) is 5.41 Å². The van der Waals surface area contributed by atoms with E-state index in [9.17, 15) is 0 Å². The van der Waals surface area contributed by atoms with Crippen LogP contribution in [0.5, 0.6) is 5.75 Å². The molecule has 300 valence electrons. The molecule has 3 heteroatoms. The quantitative estimate of drug-likeness (QED) is 0.167. The molecule has 0 bridgehead atoms. The minimum Gasteiger partial charge on any atom is -0.457 e. The molecule has 3 nitrogen and oxygen atoms in total. The predicted molar refractivity (Wildman–Crippen MR) is 258 cm³/mol. The molecule has 0 radical (unpaired) electrons. The fourth-order valence-electron chi connectivity index (χ4n) is 10.7. The van der Waals surface area contributed by atoms with Crippen LogP contribution >= 0.6 is 0 Å². The molecule has 1 unspecified atom stereocenters. The van der Waals surface area contributed by atoms with Gasteiger partial charge >= 0.3 is 0 Å². The normalized spacial score (nSPS) is 16.8. The van der Waals surface area contributed by atoms with E-state index in [4.69, 9.17) is 9.73 Å². The van der Waals surface area contributed by atoms with E-state index in [1.807, 2.05) is 0 Å². The molecule has 8 aromatic rings. The Morgan fingerprint density at radius 1 is 0.476 bits per heavy atom. The molecule has 0 saturated carbocycles. The Kier molecular flexibility index (Phi) is 8.82. The van der Waals surface area contributed by atoms with Crippen molar-refractivity contribution in [1.82, 2.24) is 4.90 Å². The molecule has 63 heavy (non-hydrogen) atoms. The van der Waals surface area contributed by atoms with Gasteiger partial charge in [0, 0.05) is 29.4 Å². The molecule has 0 saturated heterocycles. The zero-order chi connectivity index (χ0) is 41.9.